The van der Waals surface area contributed by atoms with Crippen LogP contribution in [0.1, 0.15) is 45.1 Å². The van der Waals surface area contributed by atoms with Crippen molar-refractivity contribution in [3.05, 3.63) is 65.8 Å². The van der Waals surface area contributed by atoms with Crippen molar-refractivity contribution >= 4 is 17.1 Å². The molecule has 2 saturated carbocycles. The summed E-state index contributed by atoms with van der Waals surface area (Å²) in [7, 11) is 0. The number of ketones is 2. The van der Waals surface area contributed by atoms with Crippen LogP contribution in [0.5, 0.6) is 0 Å². The molecule has 0 spiro atoms. The lowest BCUT2D eigenvalue weighted by atomic mass is 9.48. The Balaban J connectivity index is 1.72. The molecule has 5 atom stereocenters. The lowest BCUT2D eigenvalue weighted by Gasteiger charge is -2.55. The molecule has 0 saturated heterocycles. The minimum Gasteiger partial charge on any atom is -0.299 e. The third-order valence-corrected chi connectivity index (χ3v) is 8.04. The van der Waals surface area contributed by atoms with Crippen molar-refractivity contribution in [3.63, 3.8) is 0 Å². The molecule has 2 fully saturated rings. The van der Waals surface area contributed by atoms with Crippen LogP contribution >= 0.6 is 0 Å². The van der Waals surface area contributed by atoms with Gasteiger partial charge in [-0.2, -0.15) is 0 Å². The summed E-state index contributed by atoms with van der Waals surface area (Å²) in [4.78, 5) is 24.9. The average molecular weight is 358 g/mol. The van der Waals surface area contributed by atoms with Gasteiger partial charge in [0.05, 0.1) is 0 Å². The second kappa shape index (κ2) is 5.64. The van der Waals surface area contributed by atoms with Gasteiger partial charge in [-0.05, 0) is 65.9 Å². The van der Waals surface area contributed by atoms with Crippen LogP contribution in [0, 0.1) is 28.6 Å². The highest BCUT2D eigenvalue weighted by molar-refractivity contribution is 6.02. The van der Waals surface area contributed by atoms with E-state index in [-0.39, 0.29) is 16.6 Å². The van der Waals surface area contributed by atoms with Crippen molar-refractivity contribution in [1.29, 1.82) is 0 Å². The zero-order valence-corrected chi connectivity index (χ0v) is 16.1. The summed E-state index contributed by atoms with van der Waals surface area (Å²) in [5.41, 5.74) is 3.42. The van der Waals surface area contributed by atoms with Gasteiger partial charge in [-0.15, -0.1) is 0 Å². The van der Waals surface area contributed by atoms with Crippen LogP contribution in [-0.4, -0.2) is 11.6 Å². The van der Waals surface area contributed by atoms with E-state index in [0.717, 1.165) is 31.3 Å². The molecular formula is C25H26O2. The highest BCUT2D eigenvalue weighted by Gasteiger charge is 2.59. The number of carbonyl (C=O) groups is 2. The predicted molar refractivity (Wildman–Crippen MR) is 107 cm³/mol. The quantitative estimate of drug-likeness (QED) is 0.694. The number of rotatable bonds is 1. The van der Waals surface area contributed by atoms with Crippen molar-refractivity contribution in [3.8, 4) is 0 Å². The third-order valence-electron chi connectivity index (χ3n) is 8.04. The summed E-state index contributed by atoms with van der Waals surface area (Å²) in [5, 5.41) is 0. The van der Waals surface area contributed by atoms with Crippen molar-refractivity contribution in [2.24, 2.45) is 28.6 Å². The number of carbonyl (C=O) groups excluding carboxylic acids is 2. The second-order valence-electron chi connectivity index (χ2n) is 9.24. The van der Waals surface area contributed by atoms with E-state index in [1.54, 1.807) is 6.08 Å². The molecule has 5 unspecified atom stereocenters. The van der Waals surface area contributed by atoms with Crippen LogP contribution in [0.25, 0.3) is 5.57 Å². The number of hydrogen-bond acceptors (Lipinski definition) is 2. The fourth-order valence-electron chi connectivity index (χ4n) is 6.43. The molecule has 2 nitrogen and oxygen atoms in total. The van der Waals surface area contributed by atoms with Gasteiger partial charge < -0.3 is 0 Å². The summed E-state index contributed by atoms with van der Waals surface area (Å²) in [6, 6.07) is 10.6. The van der Waals surface area contributed by atoms with Gasteiger partial charge in [0.2, 0.25) is 0 Å². The summed E-state index contributed by atoms with van der Waals surface area (Å²) in [5.74, 6) is 1.76. The molecular weight excluding hydrogens is 332 g/mol. The van der Waals surface area contributed by atoms with Crippen LogP contribution in [0.3, 0.4) is 0 Å². The van der Waals surface area contributed by atoms with Gasteiger partial charge in [0.1, 0.15) is 5.78 Å². The molecule has 0 radical (unpaired) electrons. The first-order valence-electron chi connectivity index (χ1n) is 10.2. The van der Waals surface area contributed by atoms with Gasteiger partial charge in [0.15, 0.2) is 5.78 Å². The van der Waals surface area contributed by atoms with E-state index < -0.39 is 0 Å². The molecule has 0 heterocycles. The first-order chi connectivity index (χ1) is 12.9. The van der Waals surface area contributed by atoms with Gasteiger partial charge in [0, 0.05) is 17.3 Å². The Labute approximate surface area is 161 Å². The van der Waals surface area contributed by atoms with Gasteiger partial charge in [-0.25, -0.2) is 0 Å². The summed E-state index contributed by atoms with van der Waals surface area (Å²) < 4.78 is 0. The van der Waals surface area contributed by atoms with E-state index in [0.29, 0.717) is 23.5 Å². The Hall–Kier alpha value is -2.22. The standard InChI is InChI=1S/C25H26O2/c1-24-12-10-18(26)14-17(24)15-19(16-6-4-3-5-7-16)23-20-8-9-22(27)25(20,2)13-11-21(23)24/h3-7,10,12,14-15,20-21,23H,8-9,11,13H2,1-2H3. The fourth-order valence-corrected chi connectivity index (χ4v) is 6.43. The Bertz CT molecular complexity index is 919. The SMILES string of the molecule is CC12C=CC(=O)C=C1C=C(c1ccccc1)C1C2CCC2(C)C(=O)CCC12. The first kappa shape index (κ1) is 16.9. The maximum Gasteiger partial charge on any atom is 0.178 e. The normalized spacial score (nSPS) is 40.0. The molecule has 0 bridgehead atoms. The van der Waals surface area contributed by atoms with Crippen LogP contribution in [0.2, 0.25) is 0 Å². The molecule has 1 aromatic rings. The number of hydrogen-bond donors (Lipinski definition) is 0. The fraction of sp³-hybridized carbons (Fsp3) is 0.440. The van der Waals surface area contributed by atoms with E-state index >= 15 is 0 Å². The smallest absolute Gasteiger partial charge is 0.178 e. The summed E-state index contributed by atoms with van der Waals surface area (Å²) in [6.45, 7) is 4.50. The van der Waals surface area contributed by atoms with Crippen LogP contribution in [0.4, 0.5) is 0 Å². The maximum atomic E-state index is 12.8. The molecule has 27 heavy (non-hydrogen) atoms. The minimum absolute atomic E-state index is 0.0845. The zero-order chi connectivity index (χ0) is 18.8. The highest BCUT2D eigenvalue weighted by Crippen LogP contribution is 2.64. The average Bonchev–Trinajstić information content (AvgIpc) is 2.98. The highest BCUT2D eigenvalue weighted by atomic mass is 16.1. The van der Waals surface area contributed by atoms with E-state index in [4.69, 9.17) is 0 Å². The third kappa shape index (κ3) is 2.25. The van der Waals surface area contributed by atoms with Crippen molar-refractivity contribution < 1.29 is 9.59 Å². The molecule has 5 rings (SSSR count). The molecule has 0 aromatic heterocycles. The Morgan fingerprint density at radius 1 is 0.963 bits per heavy atom. The number of Topliss-reactive ketones (excluding diaryl/α,β-unsaturated/α-hetero) is 1. The lowest BCUT2D eigenvalue weighted by molar-refractivity contribution is -0.129. The van der Waals surface area contributed by atoms with Gasteiger partial charge in [-0.3, -0.25) is 9.59 Å². The molecule has 4 aliphatic carbocycles. The van der Waals surface area contributed by atoms with Gasteiger partial charge in [0.25, 0.3) is 0 Å². The maximum absolute atomic E-state index is 12.8. The van der Waals surface area contributed by atoms with E-state index in [9.17, 15) is 9.59 Å². The molecule has 4 aliphatic rings. The molecule has 1 aromatic carbocycles. The molecule has 2 heteroatoms. The zero-order valence-electron chi connectivity index (χ0n) is 16.1. The Morgan fingerprint density at radius 3 is 2.52 bits per heavy atom. The van der Waals surface area contributed by atoms with Crippen LogP contribution in [0.15, 0.2) is 60.2 Å². The Kier molecular flexibility index (Phi) is 3.53. The lowest BCUT2D eigenvalue weighted by Crippen LogP contribution is -2.49. The van der Waals surface area contributed by atoms with Gasteiger partial charge in [-0.1, -0.05) is 56.3 Å². The van der Waals surface area contributed by atoms with E-state index in [1.807, 2.05) is 12.1 Å². The van der Waals surface area contributed by atoms with E-state index in [2.05, 4.69) is 50.3 Å². The molecule has 0 N–H and O–H groups in total. The van der Waals surface area contributed by atoms with Crippen LogP contribution in [-0.2, 0) is 9.59 Å². The molecule has 138 valence electrons. The number of allylic oxidation sites excluding steroid dienone is 6. The molecule has 0 amide bonds. The number of fused-ring (bicyclic) bond motifs is 5. The van der Waals surface area contributed by atoms with Crippen molar-refractivity contribution in [1.82, 2.24) is 0 Å². The monoisotopic (exact) mass is 358 g/mol. The predicted octanol–water partition coefficient (Wildman–Crippen LogP) is 5.17. The van der Waals surface area contributed by atoms with Gasteiger partial charge >= 0.3 is 0 Å². The molecule has 0 aliphatic heterocycles. The van der Waals surface area contributed by atoms with Crippen molar-refractivity contribution in [2.75, 3.05) is 0 Å². The summed E-state index contributed by atoms with van der Waals surface area (Å²) in [6.07, 6.45) is 11.7. The van der Waals surface area contributed by atoms with E-state index in [1.165, 1.54) is 11.1 Å². The number of benzene rings is 1. The summed E-state index contributed by atoms with van der Waals surface area (Å²) >= 11 is 0. The topological polar surface area (TPSA) is 34.1 Å². The minimum atomic E-state index is -0.180. The van der Waals surface area contributed by atoms with Crippen LogP contribution < -0.4 is 0 Å². The Morgan fingerprint density at radius 2 is 1.74 bits per heavy atom. The largest absolute Gasteiger partial charge is 0.299 e. The van der Waals surface area contributed by atoms with Crippen molar-refractivity contribution in [2.45, 2.75) is 39.5 Å². The second-order valence-corrected chi connectivity index (χ2v) is 9.24. The first-order valence-corrected chi connectivity index (χ1v) is 10.2.